The highest BCUT2D eigenvalue weighted by atomic mass is 16.5. The third-order valence-corrected chi connectivity index (χ3v) is 4.03. The number of nitrogens with one attached hydrogen (secondary N) is 1. The predicted octanol–water partition coefficient (Wildman–Crippen LogP) is 3.19. The third-order valence-electron chi connectivity index (χ3n) is 4.03. The van der Waals surface area contributed by atoms with Crippen LogP contribution in [0.3, 0.4) is 0 Å². The molecule has 0 radical (unpaired) electrons. The first-order chi connectivity index (χ1) is 10.4. The molecule has 0 amide bonds. The number of aromatic nitrogens is 1. The van der Waals surface area contributed by atoms with Crippen LogP contribution in [0.5, 0.6) is 0 Å². The lowest BCUT2D eigenvalue weighted by molar-refractivity contribution is 0.153. The van der Waals surface area contributed by atoms with Gasteiger partial charge in [0.2, 0.25) is 0 Å². The van der Waals surface area contributed by atoms with Crippen molar-refractivity contribution in [3.05, 3.63) is 66.0 Å². The summed E-state index contributed by atoms with van der Waals surface area (Å²) in [6.45, 7) is 0.751. The summed E-state index contributed by atoms with van der Waals surface area (Å²) in [6.07, 6.45) is 4.45. The van der Waals surface area contributed by atoms with Crippen LogP contribution in [-0.2, 0) is 4.74 Å². The van der Waals surface area contributed by atoms with E-state index in [1.807, 2.05) is 24.4 Å². The van der Waals surface area contributed by atoms with Gasteiger partial charge in [0.25, 0.3) is 0 Å². The molecule has 1 aliphatic rings. The zero-order valence-corrected chi connectivity index (χ0v) is 12.4. The summed E-state index contributed by atoms with van der Waals surface area (Å²) in [6, 6.07) is 17.1. The van der Waals surface area contributed by atoms with Crippen molar-refractivity contribution in [2.24, 2.45) is 5.92 Å². The van der Waals surface area contributed by atoms with Crippen LogP contribution < -0.4 is 5.32 Å². The van der Waals surface area contributed by atoms with E-state index < -0.39 is 0 Å². The van der Waals surface area contributed by atoms with Crippen molar-refractivity contribution in [1.82, 2.24) is 10.3 Å². The molecule has 0 spiro atoms. The summed E-state index contributed by atoms with van der Waals surface area (Å²) in [5.74, 6) is 0.736. The molecule has 1 fully saturated rings. The number of hydrogen-bond acceptors (Lipinski definition) is 3. The average molecular weight is 282 g/mol. The second-order valence-electron chi connectivity index (χ2n) is 5.66. The summed E-state index contributed by atoms with van der Waals surface area (Å²) in [7, 11) is 1.77. The van der Waals surface area contributed by atoms with Gasteiger partial charge in [0.1, 0.15) is 0 Å². The van der Waals surface area contributed by atoms with E-state index in [4.69, 9.17) is 4.74 Å². The number of ether oxygens (including phenoxy) is 1. The van der Waals surface area contributed by atoms with E-state index in [0.29, 0.717) is 6.04 Å². The molecular formula is C18H22N2O. The fourth-order valence-electron chi connectivity index (χ4n) is 2.76. The molecule has 0 unspecified atom stereocenters. The van der Waals surface area contributed by atoms with Crippen LogP contribution in [0.15, 0.2) is 54.7 Å². The summed E-state index contributed by atoms with van der Waals surface area (Å²) in [4.78, 5) is 4.55. The Morgan fingerprint density at radius 1 is 1.14 bits per heavy atom. The smallest absolute Gasteiger partial charge is 0.0754 e. The molecule has 0 saturated heterocycles. The molecule has 3 heteroatoms. The van der Waals surface area contributed by atoms with Crippen molar-refractivity contribution in [3.63, 3.8) is 0 Å². The Bertz CT molecular complexity index is 500. The lowest BCUT2D eigenvalue weighted by atomic mass is 10.0. The minimum absolute atomic E-state index is 0.119. The highest BCUT2D eigenvalue weighted by Crippen LogP contribution is 2.34. The molecular weight excluding hydrogens is 260 g/mol. The van der Waals surface area contributed by atoms with Gasteiger partial charge >= 0.3 is 0 Å². The monoisotopic (exact) mass is 282 g/mol. The van der Waals surface area contributed by atoms with Crippen LogP contribution in [0.4, 0.5) is 0 Å². The number of pyridine rings is 1. The van der Waals surface area contributed by atoms with Gasteiger partial charge in [-0.3, -0.25) is 10.3 Å². The van der Waals surface area contributed by atoms with Crippen molar-refractivity contribution >= 4 is 0 Å². The van der Waals surface area contributed by atoms with Crippen LogP contribution in [0.25, 0.3) is 0 Å². The maximum atomic E-state index is 5.40. The molecule has 1 heterocycles. The van der Waals surface area contributed by atoms with Gasteiger partial charge in [-0.2, -0.15) is 0 Å². The normalized spacial score (nSPS) is 17.4. The van der Waals surface area contributed by atoms with E-state index in [9.17, 15) is 0 Å². The van der Waals surface area contributed by atoms with Gasteiger partial charge in [-0.15, -0.1) is 0 Å². The number of rotatable bonds is 7. The predicted molar refractivity (Wildman–Crippen MR) is 84.0 cm³/mol. The minimum atomic E-state index is 0.119. The van der Waals surface area contributed by atoms with Gasteiger partial charge in [-0.1, -0.05) is 36.4 Å². The van der Waals surface area contributed by atoms with Crippen LogP contribution >= 0.6 is 0 Å². The maximum Gasteiger partial charge on any atom is 0.0754 e. The lowest BCUT2D eigenvalue weighted by Crippen LogP contribution is -2.38. The second-order valence-corrected chi connectivity index (χ2v) is 5.66. The molecule has 2 atom stereocenters. The number of hydrogen-bond donors (Lipinski definition) is 1. The van der Waals surface area contributed by atoms with E-state index in [2.05, 4.69) is 40.6 Å². The first-order valence-electron chi connectivity index (χ1n) is 7.59. The molecule has 1 aromatic heterocycles. The topological polar surface area (TPSA) is 34.1 Å². The zero-order valence-electron chi connectivity index (χ0n) is 12.4. The second kappa shape index (κ2) is 6.83. The van der Waals surface area contributed by atoms with Crippen molar-refractivity contribution in [2.45, 2.75) is 24.9 Å². The SMILES string of the molecule is COC[C@H](N[C@@H](c1ccccc1)c1ccccn1)C1CC1. The van der Waals surface area contributed by atoms with Crippen LogP contribution in [0.1, 0.15) is 30.1 Å². The average Bonchev–Trinajstić information content (AvgIpc) is 3.38. The first-order valence-corrected chi connectivity index (χ1v) is 7.59. The zero-order chi connectivity index (χ0) is 14.5. The molecule has 1 N–H and O–H groups in total. The third kappa shape index (κ3) is 3.69. The standard InChI is InChI=1S/C18H22N2O/c1-21-13-17(14-10-11-14)20-18(15-7-3-2-4-8-15)16-9-5-6-12-19-16/h2-9,12,14,17-18,20H,10-11,13H2,1H3/t17-,18-/m0/s1. The van der Waals surface area contributed by atoms with E-state index in [0.717, 1.165) is 18.2 Å². The Hall–Kier alpha value is -1.71. The highest BCUT2D eigenvalue weighted by Gasteiger charge is 2.33. The van der Waals surface area contributed by atoms with E-state index in [1.165, 1.54) is 18.4 Å². The lowest BCUT2D eigenvalue weighted by Gasteiger charge is -2.25. The fourth-order valence-corrected chi connectivity index (χ4v) is 2.76. The molecule has 1 saturated carbocycles. The molecule has 3 nitrogen and oxygen atoms in total. The van der Waals surface area contributed by atoms with E-state index in [-0.39, 0.29) is 6.04 Å². The number of nitrogens with zero attached hydrogens (tertiary/aromatic N) is 1. The Morgan fingerprint density at radius 3 is 2.52 bits per heavy atom. The quantitative estimate of drug-likeness (QED) is 0.847. The summed E-state index contributed by atoms with van der Waals surface area (Å²) >= 11 is 0. The van der Waals surface area contributed by atoms with E-state index >= 15 is 0 Å². The maximum absolute atomic E-state index is 5.40. The Balaban J connectivity index is 1.85. The molecule has 3 rings (SSSR count). The molecule has 2 aromatic rings. The summed E-state index contributed by atoms with van der Waals surface area (Å²) in [5.41, 5.74) is 2.31. The van der Waals surface area contributed by atoms with Crippen molar-refractivity contribution in [1.29, 1.82) is 0 Å². The largest absolute Gasteiger partial charge is 0.383 e. The van der Waals surface area contributed by atoms with Crippen molar-refractivity contribution < 1.29 is 4.74 Å². The number of benzene rings is 1. The van der Waals surface area contributed by atoms with Crippen LogP contribution in [-0.4, -0.2) is 24.7 Å². The summed E-state index contributed by atoms with van der Waals surface area (Å²) in [5, 5.41) is 3.76. The van der Waals surface area contributed by atoms with Crippen molar-refractivity contribution in [3.8, 4) is 0 Å². The molecule has 1 aromatic carbocycles. The molecule has 21 heavy (non-hydrogen) atoms. The summed E-state index contributed by atoms with van der Waals surface area (Å²) < 4.78 is 5.40. The van der Waals surface area contributed by atoms with Crippen LogP contribution in [0.2, 0.25) is 0 Å². The Labute approximate surface area is 126 Å². The minimum Gasteiger partial charge on any atom is -0.383 e. The van der Waals surface area contributed by atoms with Crippen molar-refractivity contribution in [2.75, 3.05) is 13.7 Å². The molecule has 1 aliphatic carbocycles. The van der Waals surface area contributed by atoms with Gasteiger partial charge < -0.3 is 4.74 Å². The van der Waals surface area contributed by atoms with Gasteiger partial charge in [0.05, 0.1) is 18.3 Å². The van der Waals surface area contributed by atoms with Gasteiger partial charge in [-0.25, -0.2) is 0 Å². The number of methoxy groups -OCH3 is 1. The Morgan fingerprint density at radius 2 is 1.90 bits per heavy atom. The molecule has 0 aliphatic heterocycles. The first kappa shape index (κ1) is 14.2. The molecule has 0 bridgehead atoms. The van der Waals surface area contributed by atoms with Gasteiger partial charge in [0, 0.05) is 19.3 Å². The molecule has 110 valence electrons. The van der Waals surface area contributed by atoms with Gasteiger partial charge in [-0.05, 0) is 36.5 Å². The Kier molecular flexibility index (Phi) is 4.63. The van der Waals surface area contributed by atoms with Gasteiger partial charge in [0.15, 0.2) is 0 Å². The highest BCUT2D eigenvalue weighted by molar-refractivity contribution is 5.27. The fraction of sp³-hybridized carbons (Fsp3) is 0.389. The van der Waals surface area contributed by atoms with Crippen LogP contribution in [0, 0.1) is 5.92 Å². The van der Waals surface area contributed by atoms with E-state index in [1.54, 1.807) is 7.11 Å².